The zero-order chi connectivity index (χ0) is 9.68. The van der Waals surface area contributed by atoms with Crippen molar-refractivity contribution in [2.75, 3.05) is 5.75 Å². The van der Waals surface area contributed by atoms with Gasteiger partial charge in [0.15, 0.2) is 0 Å². The van der Waals surface area contributed by atoms with Crippen molar-refractivity contribution in [2.45, 2.75) is 24.8 Å². The zero-order valence-electron chi connectivity index (χ0n) is 7.72. The van der Waals surface area contributed by atoms with Gasteiger partial charge >= 0.3 is 0 Å². The van der Waals surface area contributed by atoms with Crippen LogP contribution in [0, 0.1) is 0 Å². The molecule has 1 rings (SSSR count). The summed E-state index contributed by atoms with van der Waals surface area (Å²) in [4.78, 5) is 1.15. The predicted molar refractivity (Wildman–Crippen MR) is 60.4 cm³/mol. The Morgan fingerprint density at radius 1 is 1.46 bits per heavy atom. The molecule has 72 valence electrons. The lowest BCUT2D eigenvalue weighted by Gasteiger charge is -2.04. The summed E-state index contributed by atoms with van der Waals surface area (Å²) < 4.78 is 0. The zero-order valence-corrected chi connectivity index (χ0v) is 9.29. The minimum absolute atomic E-state index is 0.554. The molecule has 0 bridgehead atoms. The highest BCUT2D eigenvalue weighted by atomic mass is 35.5. The summed E-state index contributed by atoms with van der Waals surface area (Å²) in [5, 5.41) is 0.821. The highest BCUT2D eigenvalue weighted by Crippen LogP contribution is 2.28. The van der Waals surface area contributed by atoms with Gasteiger partial charge in [0.25, 0.3) is 0 Å². The Bertz CT molecular complexity index is 276. The van der Waals surface area contributed by atoms with E-state index >= 15 is 0 Å². The maximum Gasteiger partial charge on any atom is 0.0545 e. The summed E-state index contributed by atoms with van der Waals surface area (Å²) in [7, 11) is 0. The van der Waals surface area contributed by atoms with Crippen LogP contribution < -0.4 is 5.73 Å². The molecule has 0 spiro atoms. The third kappa shape index (κ3) is 3.22. The van der Waals surface area contributed by atoms with E-state index in [1.54, 1.807) is 11.8 Å². The fourth-order valence-electron chi connectivity index (χ4n) is 1.00. The van der Waals surface area contributed by atoms with Crippen molar-refractivity contribution < 1.29 is 0 Å². The quantitative estimate of drug-likeness (QED) is 0.780. The maximum atomic E-state index is 6.07. The lowest BCUT2D eigenvalue weighted by Crippen LogP contribution is -1.95. The molecule has 0 aliphatic heterocycles. The predicted octanol–water partition coefficient (Wildman–Crippen LogP) is 3.30. The van der Waals surface area contributed by atoms with E-state index in [0.29, 0.717) is 6.54 Å². The average molecular weight is 216 g/mol. The molecule has 0 unspecified atom stereocenters. The normalized spacial score (nSPS) is 10.4. The summed E-state index contributed by atoms with van der Waals surface area (Å²) in [5.41, 5.74) is 6.59. The molecule has 0 atom stereocenters. The van der Waals surface area contributed by atoms with Crippen molar-refractivity contribution in [3.8, 4) is 0 Å². The second kappa shape index (κ2) is 5.53. The summed E-state index contributed by atoms with van der Waals surface area (Å²) in [6.07, 6.45) is 1.17. The van der Waals surface area contributed by atoms with E-state index < -0.39 is 0 Å². The van der Waals surface area contributed by atoms with Gasteiger partial charge in [0.2, 0.25) is 0 Å². The van der Waals surface area contributed by atoms with E-state index in [-0.39, 0.29) is 0 Å². The summed E-state index contributed by atoms with van der Waals surface area (Å²) >= 11 is 7.86. The molecule has 0 saturated carbocycles. The van der Waals surface area contributed by atoms with Gasteiger partial charge in [-0.25, -0.2) is 0 Å². The van der Waals surface area contributed by atoms with Crippen LogP contribution in [0.25, 0.3) is 0 Å². The molecule has 0 saturated heterocycles. The molecule has 1 aromatic rings. The Balaban J connectivity index is 2.73. The molecule has 0 fully saturated rings. The molecule has 3 heteroatoms. The van der Waals surface area contributed by atoms with Crippen LogP contribution in [0.1, 0.15) is 18.9 Å². The molecule has 13 heavy (non-hydrogen) atoms. The van der Waals surface area contributed by atoms with Crippen molar-refractivity contribution in [1.82, 2.24) is 0 Å². The van der Waals surface area contributed by atoms with Gasteiger partial charge in [-0.05, 0) is 29.9 Å². The second-order valence-corrected chi connectivity index (χ2v) is 4.36. The largest absolute Gasteiger partial charge is 0.326 e. The summed E-state index contributed by atoms with van der Waals surface area (Å²) in [6.45, 7) is 2.72. The Hall–Kier alpha value is -0.180. The second-order valence-electron chi connectivity index (χ2n) is 2.82. The van der Waals surface area contributed by atoms with Gasteiger partial charge in [0, 0.05) is 11.4 Å². The number of nitrogens with two attached hydrogens (primary N) is 1. The lowest BCUT2D eigenvalue weighted by molar-refractivity contribution is 1.06. The van der Waals surface area contributed by atoms with E-state index in [9.17, 15) is 0 Å². The van der Waals surface area contributed by atoms with E-state index in [1.807, 2.05) is 18.2 Å². The number of halogens is 1. The van der Waals surface area contributed by atoms with Crippen molar-refractivity contribution >= 4 is 23.4 Å². The van der Waals surface area contributed by atoms with E-state index in [2.05, 4.69) is 6.92 Å². The van der Waals surface area contributed by atoms with Gasteiger partial charge < -0.3 is 5.73 Å². The van der Waals surface area contributed by atoms with Crippen LogP contribution in [0.5, 0.6) is 0 Å². The van der Waals surface area contributed by atoms with Gasteiger partial charge in [-0.1, -0.05) is 24.6 Å². The van der Waals surface area contributed by atoms with Crippen LogP contribution in [-0.4, -0.2) is 5.75 Å². The minimum Gasteiger partial charge on any atom is -0.326 e. The number of rotatable bonds is 4. The molecule has 2 N–H and O–H groups in total. The van der Waals surface area contributed by atoms with Gasteiger partial charge in [-0.3, -0.25) is 0 Å². The average Bonchev–Trinajstić information content (AvgIpc) is 2.16. The van der Waals surface area contributed by atoms with E-state index in [0.717, 1.165) is 21.2 Å². The molecule has 0 aliphatic carbocycles. The van der Waals surface area contributed by atoms with Gasteiger partial charge in [0.05, 0.1) is 5.02 Å². The SMILES string of the molecule is CCCSc1ccc(CN)cc1Cl. The molecule has 1 aromatic carbocycles. The van der Waals surface area contributed by atoms with E-state index in [1.165, 1.54) is 6.42 Å². The smallest absolute Gasteiger partial charge is 0.0545 e. The minimum atomic E-state index is 0.554. The molecule has 0 radical (unpaired) electrons. The lowest BCUT2D eigenvalue weighted by atomic mass is 10.2. The first-order valence-electron chi connectivity index (χ1n) is 4.39. The molecular weight excluding hydrogens is 202 g/mol. The van der Waals surface area contributed by atoms with Crippen LogP contribution >= 0.6 is 23.4 Å². The summed E-state index contributed by atoms with van der Waals surface area (Å²) in [6, 6.07) is 6.02. The molecule has 1 nitrogen and oxygen atoms in total. The fraction of sp³-hybridized carbons (Fsp3) is 0.400. The van der Waals surface area contributed by atoms with Gasteiger partial charge in [-0.2, -0.15) is 0 Å². The third-order valence-corrected chi connectivity index (χ3v) is 3.40. The van der Waals surface area contributed by atoms with Crippen LogP contribution in [0.3, 0.4) is 0 Å². The van der Waals surface area contributed by atoms with Crippen LogP contribution in [0.15, 0.2) is 23.1 Å². The van der Waals surface area contributed by atoms with Crippen LogP contribution in [-0.2, 0) is 6.54 Å². The van der Waals surface area contributed by atoms with Crippen molar-refractivity contribution in [2.24, 2.45) is 5.73 Å². The fourth-order valence-corrected chi connectivity index (χ4v) is 2.15. The molecular formula is C10H14ClNS. The molecule has 0 amide bonds. The molecule has 0 aliphatic rings. The maximum absolute atomic E-state index is 6.07. The standard InChI is InChI=1S/C10H14ClNS/c1-2-5-13-10-4-3-8(7-12)6-9(10)11/h3-4,6H,2,5,7,12H2,1H3. The van der Waals surface area contributed by atoms with Crippen molar-refractivity contribution in [3.63, 3.8) is 0 Å². The van der Waals surface area contributed by atoms with Crippen LogP contribution in [0.4, 0.5) is 0 Å². The highest BCUT2D eigenvalue weighted by Gasteiger charge is 2.00. The van der Waals surface area contributed by atoms with Crippen molar-refractivity contribution in [1.29, 1.82) is 0 Å². The number of thioether (sulfide) groups is 1. The topological polar surface area (TPSA) is 26.0 Å². The summed E-state index contributed by atoms with van der Waals surface area (Å²) in [5.74, 6) is 1.11. The van der Waals surface area contributed by atoms with Crippen molar-refractivity contribution in [3.05, 3.63) is 28.8 Å². The Labute approximate surface area is 88.7 Å². The third-order valence-electron chi connectivity index (χ3n) is 1.69. The monoisotopic (exact) mass is 215 g/mol. The number of hydrogen-bond acceptors (Lipinski definition) is 2. The van der Waals surface area contributed by atoms with E-state index in [4.69, 9.17) is 17.3 Å². The Morgan fingerprint density at radius 2 is 2.23 bits per heavy atom. The first-order valence-corrected chi connectivity index (χ1v) is 5.75. The molecule has 0 aromatic heterocycles. The number of hydrogen-bond donors (Lipinski definition) is 1. The van der Waals surface area contributed by atoms with Gasteiger partial charge in [-0.15, -0.1) is 11.8 Å². The first-order chi connectivity index (χ1) is 6.27. The Kier molecular flexibility index (Phi) is 4.64. The van der Waals surface area contributed by atoms with Crippen LogP contribution in [0.2, 0.25) is 5.02 Å². The van der Waals surface area contributed by atoms with Gasteiger partial charge in [0.1, 0.15) is 0 Å². The molecule has 0 heterocycles. The highest BCUT2D eigenvalue weighted by molar-refractivity contribution is 7.99. The first kappa shape index (κ1) is 10.9. The Morgan fingerprint density at radius 3 is 2.77 bits per heavy atom. The number of benzene rings is 1.